The lowest BCUT2D eigenvalue weighted by atomic mass is 9.87. The van der Waals surface area contributed by atoms with E-state index in [0.717, 1.165) is 18.5 Å². The quantitative estimate of drug-likeness (QED) is 0.103. The maximum absolute atomic E-state index is 5.45. The van der Waals surface area contributed by atoms with E-state index in [0.29, 0.717) is 0 Å². The number of hydrogen-bond acceptors (Lipinski definition) is 2. The van der Waals surface area contributed by atoms with Gasteiger partial charge in [0, 0.05) is 10.9 Å². The molecular formula is C38H48N2. The van der Waals surface area contributed by atoms with Gasteiger partial charge in [0.1, 0.15) is 0 Å². The summed E-state index contributed by atoms with van der Waals surface area (Å²) in [7, 11) is 0. The van der Waals surface area contributed by atoms with Crippen LogP contribution in [0.25, 0.3) is 21.5 Å². The Balaban J connectivity index is 1.54. The minimum absolute atomic E-state index is 1.04. The lowest BCUT2D eigenvalue weighted by Gasteiger charge is -2.32. The highest BCUT2D eigenvalue weighted by atomic mass is 15.5. The molecule has 1 aliphatic rings. The Kier molecular flexibility index (Phi) is 10.3. The molecule has 2 heteroatoms. The second kappa shape index (κ2) is 14.5. The van der Waals surface area contributed by atoms with E-state index in [-0.39, 0.29) is 0 Å². The van der Waals surface area contributed by atoms with Gasteiger partial charge in [0.2, 0.25) is 0 Å². The van der Waals surface area contributed by atoms with E-state index < -0.39 is 0 Å². The van der Waals surface area contributed by atoms with Crippen molar-refractivity contribution in [2.24, 2.45) is 5.10 Å². The SMILES string of the molecule is CCCCCCCCCC1=NN(c2ccccc2)c2c(CCCCCCCC)c3ccccc3c3cccc1c23. The Morgan fingerprint density at radius 3 is 1.80 bits per heavy atom. The largest absolute Gasteiger partial charge is 0.233 e. The van der Waals surface area contributed by atoms with Crippen LogP contribution in [0.3, 0.4) is 0 Å². The Hall–Kier alpha value is -3.13. The number of para-hydroxylation sites is 1. The fraction of sp³-hybridized carbons (Fsp3) is 0.447. The molecular weight excluding hydrogens is 484 g/mol. The molecule has 0 aromatic heterocycles. The molecule has 0 N–H and O–H groups in total. The predicted molar refractivity (Wildman–Crippen MR) is 176 cm³/mol. The molecule has 1 aliphatic heterocycles. The summed E-state index contributed by atoms with van der Waals surface area (Å²) in [6.07, 6.45) is 19.3. The number of hydrogen-bond donors (Lipinski definition) is 0. The van der Waals surface area contributed by atoms with Gasteiger partial charge in [-0.05, 0) is 59.5 Å². The summed E-state index contributed by atoms with van der Waals surface area (Å²) in [5.41, 5.74) is 6.53. The molecule has 0 atom stereocenters. The van der Waals surface area contributed by atoms with E-state index >= 15 is 0 Å². The average Bonchev–Trinajstić information content (AvgIpc) is 3.00. The third kappa shape index (κ3) is 6.43. The second-order valence-corrected chi connectivity index (χ2v) is 11.7. The minimum atomic E-state index is 1.04. The first-order valence-corrected chi connectivity index (χ1v) is 16.2. The fourth-order valence-corrected chi connectivity index (χ4v) is 6.52. The Labute approximate surface area is 242 Å². The molecule has 0 spiro atoms. The molecule has 0 bridgehead atoms. The molecule has 0 amide bonds. The van der Waals surface area contributed by atoms with Crippen molar-refractivity contribution in [2.75, 3.05) is 5.01 Å². The molecule has 0 radical (unpaired) electrons. The van der Waals surface area contributed by atoms with Crippen LogP contribution < -0.4 is 5.01 Å². The Bertz CT molecular complexity index is 1400. The van der Waals surface area contributed by atoms with Crippen LogP contribution in [0.15, 0.2) is 77.9 Å². The summed E-state index contributed by atoms with van der Waals surface area (Å²) < 4.78 is 0. The molecule has 0 saturated carbocycles. The molecule has 40 heavy (non-hydrogen) atoms. The highest BCUT2D eigenvalue weighted by Crippen LogP contribution is 2.46. The van der Waals surface area contributed by atoms with Gasteiger partial charge >= 0.3 is 0 Å². The first kappa shape index (κ1) is 28.4. The first-order valence-electron chi connectivity index (χ1n) is 16.2. The molecule has 0 aliphatic carbocycles. The molecule has 210 valence electrons. The minimum Gasteiger partial charge on any atom is -0.233 e. The van der Waals surface area contributed by atoms with Crippen molar-refractivity contribution in [3.63, 3.8) is 0 Å². The Morgan fingerprint density at radius 1 is 0.525 bits per heavy atom. The summed E-state index contributed by atoms with van der Waals surface area (Å²) in [6, 6.07) is 26.8. The first-order chi connectivity index (χ1) is 19.8. The third-order valence-corrected chi connectivity index (χ3v) is 8.67. The number of rotatable bonds is 16. The van der Waals surface area contributed by atoms with Gasteiger partial charge in [0.25, 0.3) is 0 Å². The zero-order valence-corrected chi connectivity index (χ0v) is 24.9. The van der Waals surface area contributed by atoms with Gasteiger partial charge in [-0.1, -0.05) is 145 Å². The van der Waals surface area contributed by atoms with Gasteiger partial charge in [0.15, 0.2) is 0 Å². The third-order valence-electron chi connectivity index (χ3n) is 8.67. The van der Waals surface area contributed by atoms with Gasteiger partial charge in [-0.3, -0.25) is 0 Å². The number of unbranched alkanes of at least 4 members (excludes halogenated alkanes) is 11. The van der Waals surface area contributed by atoms with Crippen molar-refractivity contribution < 1.29 is 0 Å². The highest BCUT2D eigenvalue weighted by Gasteiger charge is 2.27. The number of nitrogens with zero attached hydrogens (tertiary/aromatic N) is 2. The number of hydrazone groups is 1. The van der Waals surface area contributed by atoms with E-state index in [2.05, 4.69) is 91.7 Å². The number of anilines is 2. The second-order valence-electron chi connectivity index (χ2n) is 11.7. The summed E-state index contributed by atoms with van der Waals surface area (Å²) in [5.74, 6) is 0. The molecule has 4 aromatic rings. The van der Waals surface area contributed by atoms with Crippen LogP contribution in [0, 0.1) is 0 Å². The van der Waals surface area contributed by atoms with Gasteiger partial charge in [-0.25, -0.2) is 5.01 Å². The van der Waals surface area contributed by atoms with Crippen LogP contribution in [0.4, 0.5) is 11.4 Å². The van der Waals surface area contributed by atoms with Gasteiger partial charge in [-0.15, -0.1) is 0 Å². The van der Waals surface area contributed by atoms with E-state index in [1.807, 2.05) is 0 Å². The monoisotopic (exact) mass is 532 g/mol. The van der Waals surface area contributed by atoms with E-state index in [9.17, 15) is 0 Å². The fourth-order valence-electron chi connectivity index (χ4n) is 6.52. The number of aryl methyl sites for hydroxylation is 1. The van der Waals surface area contributed by atoms with Crippen LogP contribution in [0.1, 0.15) is 115 Å². The molecule has 0 unspecified atom stereocenters. The molecule has 4 aromatic carbocycles. The summed E-state index contributed by atoms with van der Waals surface area (Å²) in [4.78, 5) is 0. The van der Waals surface area contributed by atoms with Crippen molar-refractivity contribution in [1.29, 1.82) is 0 Å². The standard InChI is InChI=1S/C38H48N2/c1-3-5-7-9-11-13-18-29-36-35-28-21-27-33-31-24-19-20-25-32(31)34(26-17-12-10-8-6-4-2)38(37(33)35)40(39-36)30-22-15-14-16-23-30/h14-16,19-25,27-28H,3-13,17-18,26,29H2,1-2H3. The molecule has 2 nitrogen and oxygen atoms in total. The topological polar surface area (TPSA) is 15.6 Å². The van der Waals surface area contributed by atoms with Crippen LogP contribution in [-0.2, 0) is 6.42 Å². The lowest BCUT2D eigenvalue weighted by molar-refractivity contribution is 0.595. The number of fused-ring (bicyclic) bond motifs is 2. The summed E-state index contributed by atoms with van der Waals surface area (Å²) in [5, 5.41) is 13.3. The van der Waals surface area contributed by atoms with Crippen molar-refractivity contribution in [3.05, 3.63) is 83.9 Å². The maximum Gasteiger partial charge on any atom is 0.0776 e. The molecule has 5 rings (SSSR count). The molecule has 0 fully saturated rings. The lowest BCUT2D eigenvalue weighted by Crippen LogP contribution is -2.21. The zero-order valence-electron chi connectivity index (χ0n) is 24.9. The van der Waals surface area contributed by atoms with Gasteiger partial charge in [-0.2, -0.15) is 5.10 Å². The van der Waals surface area contributed by atoms with Crippen LogP contribution >= 0.6 is 0 Å². The normalized spacial score (nSPS) is 12.8. The molecule has 0 saturated heterocycles. The van der Waals surface area contributed by atoms with E-state index in [4.69, 9.17) is 5.10 Å². The number of benzene rings is 4. The maximum atomic E-state index is 5.45. The van der Waals surface area contributed by atoms with Crippen LogP contribution in [-0.4, -0.2) is 5.71 Å². The van der Waals surface area contributed by atoms with E-state index in [1.165, 1.54) is 128 Å². The molecule has 1 heterocycles. The zero-order chi connectivity index (χ0) is 27.6. The highest BCUT2D eigenvalue weighted by molar-refractivity contribution is 6.25. The van der Waals surface area contributed by atoms with Crippen molar-refractivity contribution in [1.82, 2.24) is 0 Å². The smallest absolute Gasteiger partial charge is 0.0776 e. The van der Waals surface area contributed by atoms with Gasteiger partial charge < -0.3 is 0 Å². The van der Waals surface area contributed by atoms with Crippen LogP contribution in [0.2, 0.25) is 0 Å². The van der Waals surface area contributed by atoms with Crippen molar-refractivity contribution >= 4 is 38.6 Å². The van der Waals surface area contributed by atoms with Crippen molar-refractivity contribution in [2.45, 2.75) is 110 Å². The van der Waals surface area contributed by atoms with E-state index in [1.54, 1.807) is 0 Å². The average molecular weight is 533 g/mol. The van der Waals surface area contributed by atoms with Gasteiger partial charge in [0.05, 0.1) is 17.1 Å². The van der Waals surface area contributed by atoms with Crippen LogP contribution in [0.5, 0.6) is 0 Å². The Morgan fingerprint density at radius 2 is 1.10 bits per heavy atom. The summed E-state index contributed by atoms with van der Waals surface area (Å²) in [6.45, 7) is 4.59. The summed E-state index contributed by atoms with van der Waals surface area (Å²) >= 11 is 0. The van der Waals surface area contributed by atoms with Crippen molar-refractivity contribution in [3.8, 4) is 0 Å². The predicted octanol–water partition coefficient (Wildman–Crippen LogP) is 11.9.